The Hall–Kier alpha value is -1.86. The molecule has 0 aliphatic carbocycles. The molecule has 0 aliphatic rings. The lowest BCUT2D eigenvalue weighted by Crippen LogP contribution is -2.27. The van der Waals surface area contributed by atoms with Gasteiger partial charge in [-0.05, 0) is 26.0 Å². The van der Waals surface area contributed by atoms with E-state index in [4.69, 9.17) is 18.0 Å². The summed E-state index contributed by atoms with van der Waals surface area (Å²) in [6.45, 7) is 3.81. The van der Waals surface area contributed by atoms with Crippen molar-refractivity contribution < 1.29 is 4.79 Å². The minimum Gasteiger partial charge on any atom is -0.389 e. The summed E-state index contributed by atoms with van der Waals surface area (Å²) in [5.74, 6) is -0.250. The van der Waals surface area contributed by atoms with Gasteiger partial charge in [-0.2, -0.15) is 0 Å². The topological polar surface area (TPSA) is 80.9 Å². The number of hydrogen-bond donors (Lipinski definition) is 2. The van der Waals surface area contributed by atoms with Crippen molar-refractivity contribution in [3.63, 3.8) is 0 Å². The Kier molecular flexibility index (Phi) is 4.41. The first-order chi connectivity index (χ1) is 9.47. The fraction of sp³-hybridized carbons (Fsp3) is 0.231. The van der Waals surface area contributed by atoms with Crippen LogP contribution in [0, 0.1) is 6.92 Å². The largest absolute Gasteiger partial charge is 0.389 e. The molecule has 0 radical (unpaired) electrons. The molecule has 1 unspecified atom stereocenters. The van der Waals surface area contributed by atoms with Crippen LogP contribution in [0.25, 0.3) is 0 Å². The van der Waals surface area contributed by atoms with Gasteiger partial charge in [0, 0.05) is 22.8 Å². The molecule has 1 atom stereocenters. The van der Waals surface area contributed by atoms with Crippen molar-refractivity contribution >= 4 is 34.5 Å². The number of thiazole rings is 1. The van der Waals surface area contributed by atoms with E-state index in [1.165, 1.54) is 17.5 Å². The van der Waals surface area contributed by atoms with E-state index >= 15 is 0 Å². The summed E-state index contributed by atoms with van der Waals surface area (Å²) in [7, 11) is 0. The molecular weight excluding hydrogens is 292 g/mol. The van der Waals surface area contributed by atoms with Gasteiger partial charge >= 0.3 is 0 Å². The number of aryl methyl sites for hydroxylation is 1. The third-order valence-electron chi connectivity index (χ3n) is 2.64. The zero-order chi connectivity index (χ0) is 14.7. The van der Waals surface area contributed by atoms with Crippen molar-refractivity contribution in [2.24, 2.45) is 5.73 Å². The smallest absolute Gasteiger partial charge is 0.270 e. The number of thiocarbonyl (C=S) groups is 1. The quantitative estimate of drug-likeness (QED) is 0.844. The Bertz CT molecular complexity index is 636. The first-order valence-electron chi connectivity index (χ1n) is 5.96. The molecule has 0 bridgehead atoms. The summed E-state index contributed by atoms with van der Waals surface area (Å²) in [5, 5.41) is 5.68. The molecule has 2 aromatic heterocycles. The van der Waals surface area contributed by atoms with Crippen molar-refractivity contribution in [1.82, 2.24) is 15.3 Å². The standard InChI is InChI=1S/C13H14N4OS2/c1-7-6-20-13(16-7)8(2)17-12(18)10-4-3-9(5-15-10)11(14)19/h3-6,8H,1-2H3,(H2,14,19)(H,17,18). The first kappa shape index (κ1) is 14.5. The lowest BCUT2D eigenvalue weighted by Gasteiger charge is -2.10. The second kappa shape index (κ2) is 6.06. The molecule has 104 valence electrons. The van der Waals surface area contributed by atoms with Gasteiger partial charge in [0.15, 0.2) is 0 Å². The number of carbonyl (C=O) groups is 1. The Morgan fingerprint density at radius 1 is 1.50 bits per heavy atom. The second-order valence-electron chi connectivity index (χ2n) is 4.32. The number of amides is 1. The highest BCUT2D eigenvalue weighted by Crippen LogP contribution is 2.17. The maximum atomic E-state index is 12.1. The number of carbonyl (C=O) groups excluding carboxylic acids is 1. The van der Waals surface area contributed by atoms with E-state index in [1.807, 2.05) is 19.2 Å². The zero-order valence-corrected chi connectivity index (χ0v) is 12.7. The first-order valence-corrected chi connectivity index (χ1v) is 7.25. The highest BCUT2D eigenvalue weighted by molar-refractivity contribution is 7.80. The maximum absolute atomic E-state index is 12.1. The molecule has 0 fully saturated rings. The number of pyridine rings is 1. The van der Waals surface area contributed by atoms with Crippen LogP contribution in [0.2, 0.25) is 0 Å². The predicted octanol–water partition coefficient (Wildman–Crippen LogP) is 1.97. The minimum absolute atomic E-state index is 0.154. The zero-order valence-electron chi connectivity index (χ0n) is 11.1. The highest BCUT2D eigenvalue weighted by atomic mass is 32.1. The molecule has 1 amide bonds. The highest BCUT2D eigenvalue weighted by Gasteiger charge is 2.15. The number of nitrogens with zero attached hydrogens (tertiary/aromatic N) is 2. The maximum Gasteiger partial charge on any atom is 0.270 e. The average molecular weight is 306 g/mol. The van der Waals surface area contributed by atoms with Crippen molar-refractivity contribution in [2.75, 3.05) is 0 Å². The van der Waals surface area contributed by atoms with Gasteiger partial charge in [-0.3, -0.25) is 9.78 Å². The molecule has 0 saturated heterocycles. The van der Waals surface area contributed by atoms with Crippen molar-refractivity contribution in [1.29, 1.82) is 0 Å². The van der Waals surface area contributed by atoms with E-state index in [-0.39, 0.29) is 16.9 Å². The van der Waals surface area contributed by atoms with Gasteiger partial charge in [0.2, 0.25) is 0 Å². The van der Waals surface area contributed by atoms with Crippen LogP contribution < -0.4 is 11.1 Å². The minimum atomic E-state index is -0.250. The summed E-state index contributed by atoms with van der Waals surface area (Å²) < 4.78 is 0. The monoisotopic (exact) mass is 306 g/mol. The lowest BCUT2D eigenvalue weighted by molar-refractivity contribution is 0.0935. The number of hydrogen-bond acceptors (Lipinski definition) is 5. The molecule has 0 saturated carbocycles. The van der Waals surface area contributed by atoms with Crippen molar-refractivity contribution in [3.05, 3.63) is 45.7 Å². The Morgan fingerprint density at radius 2 is 2.25 bits per heavy atom. The van der Waals surface area contributed by atoms with Crippen LogP contribution in [-0.4, -0.2) is 20.9 Å². The molecule has 0 aromatic carbocycles. The number of rotatable bonds is 4. The van der Waals surface area contributed by atoms with E-state index in [1.54, 1.807) is 12.1 Å². The molecular formula is C13H14N4OS2. The number of aromatic nitrogens is 2. The third kappa shape index (κ3) is 3.37. The molecule has 2 heterocycles. The van der Waals surface area contributed by atoms with Gasteiger partial charge in [-0.1, -0.05) is 12.2 Å². The molecule has 2 rings (SSSR count). The van der Waals surface area contributed by atoms with Crippen molar-refractivity contribution in [3.8, 4) is 0 Å². The van der Waals surface area contributed by atoms with Gasteiger partial charge < -0.3 is 11.1 Å². The van der Waals surface area contributed by atoms with Gasteiger partial charge in [0.25, 0.3) is 5.91 Å². The lowest BCUT2D eigenvalue weighted by atomic mass is 10.2. The molecule has 0 spiro atoms. The van der Waals surface area contributed by atoms with E-state index in [0.717, 1.165) is 10.7 Å². The molecule has 3 N–H and O–H groups in total. The SMILES string of the molecule is Cc1csc(C(C)NC(=O)c2ccc(C(N)=S)cn2)n1. The molecule has 0 aliphatic heterocycles. The summed E-state index contributed by atoms with van der Waals surface area (Å²) in [6.07, 6.45) is 1.50. The number of nitrogens with two attached hydrogens (primary N) is 1. The van der Waals surface area contributed by atoms with Crippen LogP contribution >= 0.6 is 23.6 Å². The van der Waals surface area contributed by atoms with Gasteiger partial charge in [-0.15, -0.1) is 11.3 Å². The number of nitrogens with one attached hydrogen (secondary N) is 1. The van der Waals surface area contributed by atoms with Crippen LogP contribution in [-0.2, 0) is 0 Å². The Labute approximate surface area is 126 Å². The van der Waals surface area contributed by atoms with Crippen molar-refractivity contribution in [2.45, 2.75) is 19.9 Å². The van der Waals surface area contributed by atoms with E-state index in [2.05, 4.69) is 15.3 Å². The van der Waals surface area contributed by atoms with Gasteiger partial charge in [-0.25, -0.2) is 4.98 Å². The summed E-state index contributed by atoms with van der Waals surface area (Å²) in [6, 6.07) is 3.13. The third-order valence-corrected chi connectivity index (χ3v) is 4.02. The normalized spacial score (nSPS) is 11.9. The molecule has 7 heteroatoms. The molecule has 5 nitrogen and oxygen atoms in total. The molecule has 20 heavy (non-hydrogen) atoms. The van der Waals surface area contributed by atoms with Crippen LogP contribution in [0.1, 0.15) is 39.7 Å². The molecule has 2 aromatic rings. The summed E-state index contributed by atoms with van der Waals surface area (Å²) >= 11 is 6.36. The predicted molar refractivity (Wildman–Crippen MR) is 82.9 cm³/mol. The second-order valence-corrected chi connectivity index (χ2v) is 5.65. The van der Waals surface area contributed by atoms with Crippen LogP contribution in [0.4, 0.5) is 0 Å². The summed E-state index contributed by atoms with van der Waals surface area (Å²) in [5.41, 5.74) is 7.40. The Morgan fingerprint density at radius 3 is 2.75 bits per heavy atom. The van der Waals surface area contributed by atoms with E-state index in [9.17, 15) is 4.79 Å². The fourth-order valence-corrected chi connectivity index (χ4v) is 2.50. The van der Waals surface area contributed by atoms with E-state index < -0.39 is 0 Å². The fourth-order valence-electron chi connectivity index (χ4n) is 1.58. The van der Waals surface area contributed by atoms with Gasteiger partial charge in [0.1, 0.15) is 15.7 Å². The van der Waals surface area contributed by atoms with Crippen LogP contribution in [0.3, 0.4) is 0 Å². The summed E-state index contributed by atoms with van der Waals surface area (Å²) in [4.78, 5) is 20.7. The average Bonchev–Trinajstić information content (AvgIpc) is 2.85. The van der Waals surface area contributed by atoms with Crippen LogP contribution in [0.15, 0.2) is 23.7 Å². The van der Waals surface area contributed by atoms with Gasteiger partial charge in [0.05, 0.1) is 6.04 Å². The van der Waals surface area contributed by atoms with E-state index in [0.29, 0.717) is 11.3 Å². The van der Waals surface area contributed by atoms with Crippen LogP contribution in [0.5, 0.6) is 0 Å². The Balaban J connectivity index is 2.06.